The number of carbonyl (C=O) groups excluding carboxylic acids is 1. The molecule has 0 atom stereocenters. The van der Waals surface area contributed by atoms with E-state index in [-0.39, 0.29) is 5.91 Å². The van der Waals surface area contributed by atoms with Gasteiger partial charge in [-0.3, -0.25) is 4.79 Å². The standard InChI is InChI=1S/C23H21NO3S/c1-17-11-15-28-22(17)23(25)24(12-5-8-18-6-3-2-4-7-18)19-9-10-20-21(16-19)27-14-13-26-20/h2-11,15-16H,12-14H2,1H3/b8-5-. The quantitative estimate of drug-likeness (QED) is 0.601. The normalized spacial score (nSPS) is 12.9. The number of carbonyl (C=O) groups is 1. The molecule has 0 aliphatic carbocycles. The highest BCUT2D eigenvalue weighted by atomic mass is 32.1. The van der Waals surface area contributed by atoms with E-state index in [1.54, 1.807) is 4.90 Å². The van der Waals surface area contributed by atoms with E-state index in [1.807, 2.05) is 79.1 Å². The summed E-state index contributed by atoms with van der Waals surface area (Å²) in [6.07, 6.45) is 4.03. The third-order valence-electron chi connectivity index (χ3n) is 4.54. The molecular formula is C23H21NO3S. The molecule has 4 rings (SSSR count). The van der Waals surface area contributed by atoms with E-state index in [4.69, 9.17) is 9.47 Å². The highest BCUT2D eigenvalue weighted by Gasteiger charge is 2.22. The van der Waals surface area contributed by atoms with Crippen LogP contribution in [0.15, 0.2) is 66.1 Å². The molecule has 0 bridgehead atoms. The molecule has 0 saturated heterocycles. The molecule has 142 valence electrons. The highest BCUT2D eigenvalue weighted by molar-refractivity contribution is 7.12. The van der Waals surface area contributed by atoms with Crippen LogP contribution < -0.4 is 14.4 Å². The molecule has 2 heterocycles. The van der Waals surface area contributed by atoms with Gasteiger partial charge < -0.3 is 14.4 Å². The second kappa shape index (κ2) is 8.31. The molecule has 3 aromatic rings. The van der Waals surface area contributed by atoms with E-state index in [9.17, 15) is 4.79 Å². The van der Waals surface area contributed by atoms with E-state index >= 15 is 0 Å². The van der Waals surface area contributed by atoms with Crippen LogP contribution in [0.3, 0.4) is 0 Å². The van der Waals surface area contributed by atoms with Crippen molar-refractivity contribution in [3.8, 4) is 11.5 Å². The Morgan fingerprint density at radius 3 is 2.61 bits per heavy atom. The average molecular weight is 391 g/mol. The Balaban J connectivity index is 1.64. The Morgan fingerprint density at radius 1 is 1.07 bits per heavy atom. The van der Waals surface area contributed by atoms with Crippen LogP contribution in [-0.4, -0.2) is 25.7 Å². The summed E-state index contributed by atoms with van der Waals surface area (Å²) in [5, 5.41) is 1.95. The number of ether oxygens (including phenoxy) is 2. The van der Waals surface area contributed by atoms with Crippen molar-refractivity contribution in [2.24, 2.45) is 0 Å². The number of fused-ring (bicyclic) bond motifs is 1. The molecule has 2 aromatic carbocycles. The van der Waals surface area contributed by atoms with Crippen LogP contribution in [-0.2, 0) is 0 Å². The molecule has 1 amide bonds. The number of benzene rings is 2. The fourth-order valence-electron chi connectivity index (χ4n) is 3.08. The Hall–Kier alpha value is -3.05. The molecule has 0 radical (unpaired) electrons. The lowest BCUT2D eigenvalue weighted by atomic mass is 10.2. The van der Waals surface area contributed by atoms with Gasteiger partial charge in [0.2, 0.25) is 0 Å². The van der Waals surface area contributed by atoms with E-state index in [0.717, 1.165) is 27.4 Å². The van der Waals surface area contributed by atoms with Crippen molar-refractivity contribution in [3.63, 3.8) is 0 Å². The average Bonchev–Trinajstić information content (AvgIpc) is 3.17. The van der Waals surface area contributed by atoms with Crippen molar-refractivity contribution >= 4 is 29.0 Å². The van der Waals surface area contributed by atoms with Gasteiger partial charge in [0.15, 0.2) is 11.5 Å². The van der Waals surface area contributed by atoms with Crippen molar-refractivity contribution in [1.82, 2.24) is 0 Å². The van der Waals surface area contributed by atoms with Gasteiger partial charge in [-0.2, -0.15) is 0 Å². The number of hydrogen-bond acceptors (Lipinski definition) is 4. The van der Waals surface area contributed by atoms with Crippen molar-refractivity contribution < 1.29 is 14.3 Å². The van der Waals surface area contributed by atoms with Crippen LogP contribution in [0.2, 0.25) is 0 Å². The topological polar surface area (TPSA) is 38.8 Å². The lowest BCUT2D eigenvalue weighted by Crippen LogP contribution is -2.31. The Labute approximate surface area is 168 Å². The second-order valence-electron chi connectivity index (χ2n) is 6.49. The molecule has 1 aliphatic rings. The van der Waals surface area contributed by atoms with E-state index in [1.165, 1.54) is 11.3 Å². The van der Waals surface area contributed by atoms with Gasteiger partial charge in [-0.15, -0.1) is 11.3 Å². The summed E-state index contributed by atoms with van der Waals surface area (Å²) in [5.41, 5.74) is 2.88. The van der Waals surface area contributed by atoms with Crippen molar-refractivity contribution in [2.75, 3.05) is 24.7 Å². The number of nitrogens with zero attached hydrogens (tertiary/aromatic N) is 1. The molecule has 5 heteroatoms. The molecule has 0 fully saturated rings. The minimum absolute atomic E-state index is 0.0121. The van der Waals surface area contributed by atoms with Gasteiger partial charge in [-0.05, 0) is 41.6 Å². The fraction of sp³-hybridized carbons (Fsp3) is 0.174. The zero-order valence-corrected chi connectivity index (χ0v) is 16.4. The van der Waals surface area contributed by atoms with Crippen LogP contribution in [0.25, 0.3) is 6.08 Å². The first-order valence-corrected chi connectivity index (χ1v) is 10.1. The maximum absolute atomic E-state index is 13.3. The lowest BCUT2D eigenvalue weighted by Gasteiger charge is -2.24. The zero-order chi connectivity index (χ0) is 19.3. The number of aryl methyl sites for hydroxylation is 1. The monoisotopic (exact) mass is 391 g/mol. The fourth-order valence-corrected chi connectivity index (χ4v) is 3.95. The van der Waals surface area contributed by atoms with Crippen LogP contribution in [0.4, 0.5) is 5.69 Å². The number of amides is 1. The molecule has 1 aliphatic heterocycles. The molecule has 0 saturated carbocycles. The summed E-state index contributed by atoms with van der Waals surface area (Å²) in [5.74, 6) is 1.38. The molecule has 0 N–H and O–H groups in total. The van der Waals surface area contributed by atoms with Gasteiger partial charge in [0.05, 0.1) is 4.88 Å². The minimum Gasteiger partial charge on any atom is -0.486 e. The maximum Gasteiger partial charge on any atom is 0.268 e. The number of anilines is 1. The summed E-state index contributed by atoms with van der Waals surface area (Å²) in [6.45, 7) is 3.49. The summed E-state index contributed by atoms with van der Waals surface area (Å²) in [7, 11) is 0. The van der Waals surface area contributed by atoms with E-state index < -0.39 is 0 Å². The third kappa shape index (κ3) is 3.94. The number of hydrogen-bond donors (Lipinski definition) is 0. The van der Waals surface area contributed by atoms with Crippen LogP contribution in [0.1, 0.15) is 20.8 Å². The first kappa shape index (κ1) is 18.3. The molecule has 4 nitrogen and oxygen atoms in total. The second-order valence-corrected chi connectivity index (χ2v) is 7.41. The SMILES string of the molecule is Cc1ccsc1C(=O)N(C/C=C\c1ccccc1)c1ccc2c(c1)OCCO2. The number of rotatable bonds is 5. The van der Waals surface area contributed by atoms with Gasteiger partial charge in [0.1, 0.15) is 13.2 Å². The smallest absolute Gasteiger partial charge is 0.268 e. The van der Waals surface area contributed by atoms with Gasteiger partial charge in [-0.1, -0.05) is 42.5 Å². The maximum atomic E-state index is 13.3. The summed E-state index contributed by atoms with van der Waals surface area (Å²) < 4.78 is 11.3. The summed E-state index contributed by atoms with van der Waals surface area (Å²) in [6, 6.07) is 17.7. The van der Waals surface area contributed by atoms with Gasteiger partial charge in [0.25, 0.3) is 5.91 Å². The number of thiophene rings is 1. The van der Waals surface area contributed by atoms with Gasteiger partial charge >= 0.3 is 0 Å². The van der Waals surface area contributed by atoms with Gasteiger partial charge in [0, 0.05) is 18.3 Å². The molecular weight excluding hydrogens is 370 g/mol. The van der Waals surface area contributed by atoms with Gasteiger partial charge in [-0.25, -0.2) is 0 Å². The summed E-state index contributed by atoms with van der Waals surface area (Å²) >= 11 is 1.47. The Kier molecular flexibility index (Phi) is 5.44. The first-order chi connectivity index (χ1) is 13.7. The minimum atomic E-state index is -0.0121. The first-order valence-electron chi connectivity index (χ1n) is 9.19. The van der Waals surface area contributed by atoms with Crippen LogP contribution in [0, 0.1) is 6.92 Å². The molecule has 0 spiro atoms. The van der Waals surface area contributed by atoms with Crippen LogP contribution in [0.5, 0.6) is 11.5 Å². The Bertz CT molecular complexity index is 994. The predicted molar refractivity (Wildman–Crippen MR) is 114 cm³/mol. The largest absolute Gasteiger partial charge is 0.486 e. The van der Waals surface area contributed by atoms with E-state index in [2.05, 4.69) is 0 Å². The zero-order valence-electron chi connectivity index (χ0n) is 15.6. The Morgan fingerprint density at radius 2 is 1.86 bits per heavy atom. The lowest BCUT2D eigenvalue weighted by molar-refractivity contribution is 0.0993. The summed E-state index contributed by atoms with van der Waals surface area (Å²) in [4.78, 5) is 15.8. The van der Waals surface area contributed by atoms with E-state index in [0.29, 0.717) is 25.5 Å². The third-order valence-corrected chi connectivity index (χ3v) is 5.54. The van der Waals surface area contributed by atoms with Crippen molar-refractivity contribution in [1.29, 1.82) is 0 Å². The molecule has 1 aromatic heterocycles. The molecule has 0 unspecified atom stereocenters. The predicted octanol–water partition coefficient (Wildman–Crippen LogP) is 5.19. The van der Waals surface area contributed by atoms with Crippen LogP contribution >= 0.6 is 11.3 Å². The van der Waals surface area contributed by atoms with Crippen molar-refractivity contribution in [3.05, 3.63) is 82.1 Å². The highest BCUT2D eigenvalue weighted by Crippen LogP contribution is 2.35. The molecule has 28 heavy (non-hydrogen) atoms. The van der Waals surface area contributed by atoms with Crippen molar-refractivity contribution in [2.45, 2.75) is 6.92 Å².